The van der Waals surface area contributed by atoms with Gasteiger partial charge in [-0.1, -0.05) is 29.3 Å². The van der Waals surface area contributed by atoms with Crippen LogP contribution in [0.25, 0.3) is 0 Å². The Kier molecular flexibility index (Phi) is 4.55. The molecule has 0 unspecified atom stereocenters. The minimum atomic E-state index is -0.283. The molecule has 0 aliphatic carbocycles. The van der Waals surface area contributed by atoms with Crippen molar-refractivity contribution in [3.8, 4) is 5.88 Å². The molecule has 0 bridgehead atoms. The van der Waals surface area contributed by atoms with Gasteiger partial charge in [-0.3, -0.25) is 4.57 Å². The molecule has 1 N–H and O–H groups in total. The van der Waals surface area contributed by atoms with Crippen LogP contribution < -0.4 is 15.7 Å². The van der Waals surface area contributed by atoms with Gasteiger partial charge in [-0.25, -0.2) is 4.79 Å². The van der Waals surface area contributed by atoms with Crippen LogP contribution in [0.4, 0.5) is 5.82 Å². The summed E-state index contributed by atoms with van der Waals surface area (Å²) in [7, 11) is 0. The first-order chi connectivity index (χ1) is 10.6. The highest BCUT2D eigenvalue weighted by atomic mass is 35.5. The first kappa shape index (κ1) is 15.2. The van der Waals surface area contributed by atoms with Gasteiger partial charge in [0.1, 0.15) is 5.82 Å². The quantitative estimate of drug-likeness (QED) is 0.930. The van der Waals surface area contributed by atoms with Crippen LogP contribution in [0.15, 0.2) is 29.1 Å². The fraction of sp³-hybridized carbons (Fsp3) is 0.333. The van der Waals surface area contributed by atoms with Crippen LogP contribution in [-0.4, -0.2) is 22.7 Å². The van der Waals surface area contributed by atoms with Crippen LogP contribution in [0.1, 0.15) is 12.0 Å². The highest BCUT2D eigenvalue weighted by Gasteiger charge is 2.12. The summed E-state index contributed by atoms with van der Waals surface area (Å²) in [4.78, 5) is 15.8. The van der Waals surface area contributed by atoms with Crippen molar-refractivity contribution >= 4 is 29.0 Å². The van der Waals surface area contributed by atoms with Crippen molar-refractivity contribution in [2.75, 3.05) is 18.5 Å². The van der Waals surface area contributed by atoms with Crippen LogP contribution in [0, 0.1) is 0 Å². The average molecular weight is 340 g/mol. The van der Waals surface area contributed by atoms with Crippen LogP contribution in [0.2, 0.25) is 10.0 Å². The van der Waals surface area contributed by atoms with Gasteiger partial charge in [-0.2, -0.15) is 4.98 Å². The number of anilines is 1. The van der Waals surface area contributed by atoms with Crippen LogP contribution in [0.3, 0.4) is 0 Å². The number of hydrogen-bond acceptors (Lipinski definition) is 4. The molecule has 0 amide bonds. The highest BCUT2D eigenvalue weighted by molar-refractivity contribution is 6.42. The second-order valence-electron chi connectivity index (χ2n) is 5.04. The Morgan fingerprint density at radius 2 is 2.14 bits per heavy atom. The van der Waals surface area contributed by atoms with E-state index in [0.717, 1.165) is 24.3 Å². The van der Waals surface area contributed by atoms with E-state index in [9.17, 15) is 4.79 Å². The molecule has 1 aromatic heterocycles. The fourth-order valence-electron chi connectivity index (χ4n) is 2.34. The standard InChI is InChI=1S/C15H15Cl2N3O2/c16-11-3-2-10(8-12(11)17)4-7-22-14-9-13-18-5-1-6-20(13)15(21)19-14/h2-3,8-9,18H,1,4-7H2. The zero-order valence-corrected chi connectivity index (χ0v) is 13.3. The number of hydrogen-bond donors (Lipinski definition) is 1. The highest BCUT2D eigenvalue weighted by Crippen LogP contribution is 2.23. The lowest BCUT2D eigenvalue weighted by molar-refractivity contribution is 0.306. The smallest absolute Gasteiger partial charge is 0.352 e. The minimum Gasteiger partial charge on any atom is -0.477 e. The normalized spacial score (nSPS) is 13.4. The number of nitrogens with zero attached hydrogens (tertiary/aromatic N) is 2. The maximum Gasteiger partial charge on any atom is 0.352 e. The van der Waals surface area contributed by atoms with Crippen molar-refractivity contribution in [2.45, 2.75) is 19.4 Å². The van der Waals surface area contributed by atoms with Crippen molar-refractivity contribution < 1.29 is 4.74 Å². The summed E-state index contributed by atoms with van der Waals surface area (Å²) in [6.45, 7) is 1.96. The zero-order chi connectivity index (χ0) is 15.5. The van der Waals surface area contributed by atoms with E-state index in [1.165, 1.54) is 0 Å². The van der Waals surface area contributed by atoms with Crippen molar-refractivity contribution in [1.82, 2.24) is 9.55 Å². The molecule has 2 aromatic rings. The maximum atomic E-state index is 11.9. The molecular formula is C15H15Cl2N3O2. The van der Waals surface area contributed by atoms with Gasteiger partial charge >= 0.3 is 5.69 Å². The molecule has 0 atom stereocenters. The predicted molar refractivity (Wildman–Crippen MR) is 87.3 cm³/mol. The van der Waals surface area contributed by atoms with E-state index in [-0.39, 0.29) is 5.69 Å². The van der Waals surface area contributed by atoms with E-state index in [4.69, 9.17) is 27.9 Å². The first-order valence-electron chi connectivity index (χ1n) is 7.06. The van der Waals surface area contributed by atoms with E-state index < -0.39 is 0 Å². The van der Waals surface area contributed by atoms with Crippen molar-refractivity contribution in [1.29, 1.82) is 0 Å². The Hall–Kier alpha value is -1.72. The zero-order valence-electron chi connectivity index (χ0n) is 11.8. The molecule has 5 nitrogen and oxygen atoms in total. The second-order valence-corrected chi connectivity index (χ2v) is 5.86. The van der Waals surface area contributed by atoms with E-state index in [2.05, 4.69) is 10.3 Å². The molecule has 2 heterocycles. The van der Waals surface area contributed by atoms with Crippen molar-refractivity contribution in [3.05, 3.63) is 50.4 Å². The van der Waals surface area contributed by atoms with E-state index in [1.807, 2.05) is 12.1 Å². The third-order valence-corrected chi connectivity index (χ3v) is 4.22. The Morgan fingerprint density at radius 3 is 2.95 bits per heavy atom. The van der Waals surface area contributed by atoms with E-state index in [0.29, 0.717) is 35.5 Å². The summed E-state index contributed by atoms with van der Waals surface area (Å²) >= 11 is 11.9. The van der Waals surface area contributed by atoms with Gasteiger partial charge in [-0.15, -0.1) is 0 Å². The summed E-state index contributed by atoms with van der Waals surface area (Å²) in [5.41, 5.74) is 0.733. The largest absolute Gasteiger partial charge is 0.477 e. The molecule has 0 spiro atoms. The molecule has 0 radical (unpaired) electrons. The average Bonchev–Trinajstić information content (AvgIpc) is 2.51. The summed E-state index contributed by atoms with van der Waals surface area (Å²) in [5, 5.41) is 4.23. The molecule has 0 saturated heterocycles. The second kappa shape index (κ2) is 6.58. The third-order valence-electron chi connectivity index (χ3n) is 3.48. The number of aromatic nitrogens is 2. The summed E-state index contributed by atoms with van der Waals surface area (Å²) < 4.78 is 7.21. The topological polar surface area (TPSA) is 56.1 Å². The molecule has 22 heavy (non-hydrogen) atoms. The number of rotatable bonds is 4. The van der Waals surface area contributed by atoms with E-state index >= 15 is 0 Å². The summed E-state index contributed by atoms with van der Waals surface area (Å²) in [6.07, 6.45) is 1.58. The maximum absolute atomic E-state index is 11.9. The van der Waals surface area contributed by atoms with Crippen LogP contribution in [-0.2, 0) is 13.0 Å². The Bertz CT molecular complexity index is 746. The Labute approximate surface area is 137 Å². The molecule has 1 aromatic carbocycles. The van der Waals surface area contributed by atoms with Gasteiger partial charge in [0, 0.05) is 25.6 Å². The lowest BCUT2D eigenvalue weighted by atomic mass is 10.2. The lowest BCUT2D eigenvalue weighted by Gasteiger charge is -2.19. The summed E-state index contributed by atoms with van der Waals surface area (Å²) in [6, 6.07) is 7.22. The SMILES string of the molecule is O=c1nc(OCCc2ccc(Cl)c(Cl)c2)cc2n1CCCN2. The number of nitrogens with one attached hydrogen (secondary N) is 1. The van der Waals surface area contributed by atoms with Gasteiger partial charge < -0.3 is 10.1 Å². The van der Waals surface area contributed by atoms with Gasteiger partial charge in [0.2, 0.25) is 5.88 Å². The molecule has 116 valence electrons. The van der Waals surface area contributed by atoms with Gasteiger partial charge in [0.25, 0.3) is 0 Å². The van der Waals surface area contributed by atoms with Gasteiger partial charge in [0.15, 0.2) is 0 Å². The number of fused-ring (bicyclic) bond motifs is 1. The first-order valence-corrected chi connectivity index (χ1v) is 7.81. The number of ether oxygens (including phenoxy) is 1. The molecule has 7 heteroatoms. The van der Waals surface area contributed by atoms with Crippen molar-refractivity contribution in [2.24, 2.45) is 0 Å². The monoisotopic (exact) mass is 339 g/mol. The minimum absolute atomic E-state index is 0.283. The number of benzene rings is 1. The van der Waals surface area contributed by atoms with E-state index in [1.54, 1.807) is 16.7 Å². The Morgan fingerprint density at radius 1 is 1.27 bits per heavy atom. The van der Waals surface area contributed by atoms with Crippen molar-refractivity contribution in [3.63, 3.8) is 0 Å². The molecule has 0 fully saturated rings. The molecular weight excluding hydrogens is 325 g/mol. The van der Waals surface area contributed by atoms with Crippen LogP contribution in [0.5, 0.6) is 5.88 Å². The lowest BCUT2D eigenvalue weighted by Crippen LogP contribution is -2.30. The molecule has 0 saturated carbocycles. The molecule has 1 aliphatic rings. The predicted octanol–water partition coefficient (Wildman–Crippen LogP) is 2.99. The fourth-order valence-corrected chi connectivity index (χ4v) is 2.66. The summed E-state index contributed by atoms with van der Waals surface area (Å²) in [5.74, 6) is 1.10. The number of halogens is 2. The van der Waals surface area contributed by atoms with Gasteiger partial charge in [-0.05, 0) is 24.1 Å². The molecule has 3 rings (SSSR count). The van der Waals surface area contributed by atoms with Gasteiger partial charge in [0.05, 0.1) is 16.7 Å². The Balaban J connectivity index is 1.65. The molecule has 1 aliphatic heterocycles. The third kappa shape index (κ3) is 3.36. The van der Waals surface area contributed by atoms with Crippen LogP contribution >= 0.6 is 23.2 Å².